The summed E-state index contributed by atoms with van der Waals surface area (Å²) in [5, 5.41) is 8.38. The summed E-state index contributed by atoms with van der Waals surface area (Å²) < 4.78 is 26.1. The number of rotatable bonds is 2. The van der Waals surface area contributed by atoms with Crippen LogP contribution in [0.25, 0.3) is 6.08 Å². The maximum absolute atomic E-state index is 13.0. The number of hydrogen-bond donors (Lipinski definition) is 1. The third-order valence-electron chi connectivity index (χ3n) is 1.54. The predicted octanol–water partition coefficient (Wildman–Crippen LogP) is 3.59. The monoisotopic (exact) mass is 340 g/mol. The van der Waals surface area contributed by atoms with Gasteiger partial charge in [-0.25, -0.2) is 13.6 Å². The lowest BCUT2D eigenvalue weighted by atomic mass is 10.2. The van der Waals surface area contributed by atoms with E-state index in [1.165, 1.54) is 6.08 Å². The standard InChI is InChI=1S/C9H4Br2F2O2/c10-7-4(1-2-6(14)15)3-5(12)9(13)8(7)11/h1-3H,(H,14,15)/b2-1+. The van der Waals surface area contributed by atoms with Crippen molar-refractivity contribution in [3.8, 4) is 0 Å². The number of aliphatic carboxylic acids is 1. The highest BCUT2D eigenvalue weighted by atomic mass is 79.9. The summed E-state index contributed by atoms with van der Waals surface area (Å²) in [6.07, 6.45) is 2.00. The summed E-state index contributed by atoms with van der Waals surface area (Å²) in [5.41, 5.74) is 0.239. The fourth-order valence-electron chi connectivity index (χ4n) is 0.874. The van der Waals surface area contributed by atoms with Gasteiger partial charge in [0.05, 0.1) is 4.47 Å². The van der Waals surface area contributed by atoms with Gasteiger partial charge in [-0.15, -0.1) is 0 Å². The number of carbonyl (C=O) groups is 1. The van der Waals surface area contributed by atoms with Crippen molar-refractivity contribution in [2.45, 2.75) is 0 Å². The average molecular weight is 342 g/mol. The van der Waals surface area contributed by atoms with Gasteiger partial charge in [-0.3, -0.25) is 0 Å². The molecule has 0 aliphatic rings. The fourth-order valence-corrected chi connectivity index (χ4v) is 1.71. The van der Waals surface area contributed by atoms with Crippen molar-refractivity contribution in [3.05, 3.63) is 38.3 Å². The van der Waals surface area contributed by atoms with Crippen molar-refractivity contribution in [2.24, 2.45) is 0 Å². The molecular formula is C9H4Br2F2O2. The Morgan fingerprint density at radius 1 is 1.33 bits per heavy atom. The minimum Gasteiger partial charge on any atom is -0.478 e. The Labute approximate surface area is 101 Å². The molecule has 1 rings (SSSR count). The van der Waals surface area contributed by atoms with E-state index in [1.807, 2.05) is 0 Å². The SMILES string of the molecule is O=C(O)/C=C/c1cc(F)c(F)c(Br)c1Br. The van der Waals surface area contributed by atoms with E-state index in [0.29, 0.717) is 0 Å². The molecule has 0 aromatic heterocycles. The molecule has 0 aliphatic heterocycles. The van der Waals surface area contributed by atoms with E-state index in [4.69, 9.17) is 5.11 Å². The van der Waals surface area contributed by atoms with Gasteiger partial charge in [0, 0.05) is 10.5 Å². The highest BCUT2D eigenvalue weighted by molar-refractivity contribution is 9.13. The fraction of sp³-hybridized carbons (Fsp3) is 0. The van der Waals surface area contributed by atoms with Crippen molar-refractivity contribution in [1.29, 1.82) is 0 Å². The molecule has 80 valence electrons. The lowest BCUT2D eigenvalue weighted by Gasteiger charge is -2.03. The number of carboxylic acid groups (broad SMARTS) is 1. The van der Waals surface area contributed by atoms with Crippen molar-refractivity contribution >= 4 is 43.9 Å². The largest absolute Gasteiger partial charge is 0.478 e. The first-order valence-corrected chi connectivity index (χ1v) is 5.26. The minimum absolute atomic E-state index is 0.0764. The Kier molecular flexibility index (Phi) is 3.98. The van der Waals surface area contributed by atoms with Crippen LogP contribution in [0, 0.1) is 11.6 Å². The molecule has 15 heavy (non-hydrogen) atoms. The van der Waals surface area contributed by atoms with E-state index in [1.54, 1.807) is 0 Å². The third kappa shape index (κ3) is 2.85. The van der Waals surface area contributed by atoms with Gasteiger partial charge in [0.1, 0.15) is 0 Å². The molecule has 0 atom stereocenters. The zero-order valence-electron chi connectivity index (χ0n) is 7.10. The van der Waals surface area contributed by atoms with E-state index in [-0.39, 0.29) is 14.5 Å². The van der Waals surface area contributed by atoms with Crippen molar-refractivity contribution < 1.29 is 18.7 Å². The van der Waals surface area contributed by atoms with Gasteiger partial charge in [0.2, 0.25) is 0 Å². The lowest BCUT2D eigenvalue weighted by molar-refractivity contribution is -0.131. The van der Waals surface area contributed by atoms with Crippen LogP contribution in [0.4, 0.5) is 8.78 Å². The van der Waals surface area contributed by atoms with Crippen LogP contribution in [0.15, 0.2) is 21.1 Å². The molecule has 2 nitrogen and oxygen atoms in total. The van der Waals surface area contributed by atoms with Gasteiger partial charge in [0.15, 0.2) is 11.6 Å². The molecule has 0 heterocycles. The van der Waals surface area contributed by atoms with Crippen LogP contribution < -0.4 is 0 Å². The molecule has 0 radical (unpaired) electrons. The first-order chi connectivity index (χ1) is 6.93. The molecule has 0 amide bonds. The molecule has 6 heteroatoms. The van der Waals surface area contributed by atoms with Crippen LogP contribution in [-0.4, -0.2) is 11.1 Å². The number of carboxylic acids is 1. The van der Waals surface area contributed by atoms with Crippen molar-refractivity contribution in [1.82, 2.24) is 0 Å². The van der Waals surface area contributed by atoms with Crippen molar-refractivity contribution in [2.75, 3.05) is 0 Å². The Morgan fingerprint density at radius 2 is 1.93 bits per heavy atom. The second-order valence-corrected chi connectivity index (χ2v) is 4.15. The Hall–Kier alpha value is -0.750. The molecule has 0 unspecified atom stereocenters. The van der Waals surface area contributed by atoms with Gasteiger partial charge in [-0.1, -0.05) is 0 Å². The second kappa shape index (κ2) is 4.85. The Morgan fingerprint density at radius 3 is 2.47 bits per heavy atom. The summed E-state index contributed by atoms with van der Waals surface area (Å²) in [6, 6.07) is 0.906. The van der Waals surface area contributed by atoms with Crippen molar-refractivity contribution in [3.63, 3.8) is 0 Å². The molecule has 0 spiro atoms. The van der Waals surface area contributed by atoms with Crippen LogP contribution in [0.2, 0.25) is 0 Å². The van der Waals surface area contributed by atoms with Crippen LogP contribution in [0.1, 0.15) is 5.56 Å². The van der Waals surface area contributed by atoms with Crippen LogP contribution in [0.3, 0.4) is 0 Å². The second-order valence-electron chi connectivity index (χ2n) is 2.56. The van der Waals surface area contributed by atoms with E-state index in [2.05, 4.69) is 31.9 Å². The normalized spacial score (nSPS) is 10.9. The number of benzene rings is 1. The summed E-state index contributed by atoms with van der Waals surface area (Å²) >= 11 is 5.86. The van der Waals surface area contributed by atoms with E-state index in [9.17, 15) is 13.6 Å². The molecule has 0 bridgehead atoms. The van der Waals surface area contributed by atoms with E-state index >= 15 is 0 Å². The Bertz CT molecular complexity index is 444. The lowest BCUT2D eigenvalue weighted by Crippen LogP contribution is -1.91. The summed E-state index contributed by atoms with van der Waals surface area (Å²) in [6.45, 7) is 0. The smallest absolute Gasteiger partial charge is 0.328 e. The van der Waals surface area contributed by atoms with Gasteiger partial charge < -0.3 is 5.11 Å². The van der Waals surface area contributed by atoms with Crippen LogP contribution >= 0.6 is 31.9 Å². The maximum Gasteiger partial charge on any atom is 0.328 e. The highest BCUT2D eigenvalue weighted by Crippen LogP contribution is 2.31. The van der Waals surface area contributed by atoms with Gasteiger partial charge in [-0.2, -0.15) is 0 Å². The summed E-state index contributed by atoms with van der Waals surface area (Å²) in [7, 11) is 0. The average Bonchev–Trinajstić information content (AvgIpc) is 2.18. The van der Waals surface area contributed by atoms with E-state index < -0.39 is 17.6 Å². The number of hydrogen-bond acceptors (Lipinski definition) is 1. The van der Waals surface area contributed by atoms with Crippen LogP contribution in [-0.2, 0) is 4.79 Å². The van der Waals surface area contributed by atoms with Crippen LogP contribution in [0.5, 0.6) is 0 Å². The molecular weight excluding hydrogens is 338 g/mol. The molecule has 0 saturated carbocycles. The van der Waals surface area contributed by atoms with Gasteiger partial charge in [0.25, 0.3) is 0 Å². The minimum atomic E-state index is -1.16. The molecule has 1 N–H and O–H groups in total. The topological polar surface area (TPSA) is 37.3 Å². The van der Waals surface area contributed by atoms with Gasteiger partial charge in [-0.05, 0) is 49.6 Å². The number of halogens is 4. The zero-order valence-corrected chi connectivity index (χ0v) is 10.3. The highest BCUT2D eigenvalue weighted by Gasteiger charge is 2.13. The molecule has 0 aliphatic carbocycles. The van der Waals surface area contributed by atoms with E-state index in [0.717, 1.165) is 12.1 Å². The molecule has 0 saturated heterocycles. The zero-order chi connectivity index (χ0) is 11.6. The summed E-state index contributed by atoms with van der Waals surface area (Å²) in [4.78, 5) is 10.2. The molecule has 0 fully saturated rings. The summed E-state index contributed by atoms with van der Waals surface area (Å²) in [5.74, 6) is -3.23. The quantitative estimate of drug-likeness (QED) is 0.507. The maximum atomic E-state index is 13.0. The first-order valence-electron chi connectivity index (χ1n) is 3.67. The first kappa shape index (κ1) is 12.3. The third-order valence-corrected chi connectivity index (χ3v) is 3.67. The molecule has 1 aromatic rings. The van der Waals surface area contributed by atoms with Gasteiger partial charge >= 0.3 is 5.97 Å². The Balaban J connectivity index is 3.26. The predicted molar refractivity (Wildman–Crippen MR) is 58.4 cm³/mol. The molecule has 1 aromatic carbocycles.